The Balaban J connectivity index is 1.59. The molecule has 156 valence electrons. The number of allylic oxidation sites excluding steroid dienone is 1. The molecule has 0 atom stereocenters. The van der Waals surface area contributed by atoms with Crippen LogP contribution in [0.2, 0.25) is 0 Å². The van der Waals surface area contributed by atoms with Gasteiger partial charge in [0, 0.05) is 18.9 Å². The Morgan fingerprint density at radius 2 is 1.84 bits per heavy atom. The highest BCUT2D eigenvalue weighted by molar-refractivity contribution is 6.05. The first kappa shape index (κ1) is 20.3. The summed E-state index contributed by atoms with van der Waals surface area (Å²) < 4.78 is 19.1. The van der Waals surface area contributed by atoms with Crippen molar-refractivity contribution in [1.82, 2.24) is 15.2 Å². The molecule has 4 aromatic rings. The van der Waals surface area contributed by atoms with Crippen molar-refractivity contribution < 1.29 is 18.7 Å². The second-order valence-electron chi connectivity index (χ2n) is 7.08. The Hall–Kier alpha value is -4.00. The van der Waals surface area contributed by atoms with Crippen LogP contribution in [0.4, 0.5) is 4.39 Å². The van der Waals surface area contributed by atoms with Crippen molar-refractivity contribution >= 4 is 11.5 Å². The van der Waals surface area contributed by atoms with Crippen LogP contribution >= 0.6 is 0 Å². The van der Waals surface area contributed by atoms with Crippen molar-refractivity contribution in [3.63, 3.8) is 0 Å². The number of aryl methyl sites for hydroxylation is 2. The fraction of sp³-hybridized carbons (Fsp3) is 0.125. The van der Waals surface area contributed by atoms with Gasteiger partial charge in [0.15, 0.2) is 17.3 Å². The SMILES string of the molecule is O=C(C=C(O)c1ncn[nH]1)c1cc(Cc2ccc(F)cc2)c(CCc2ccccc2)o1. The number of carbonyl (C=O) groups is 1. The quantitative estimate of drug-likeness (QED) is 0.246. The molecule has 2 aromatic carbocycles. The minimum absolute atomic E-state index is 0.0933. The van der Waals surface area contributed by atoms with Crippen LogP contribution in [0.1, 0.15) is 38.8 Å². The number of aromatic amines is 1. The molecule has 6 nitrogen and oxygen atoms in total. The molecular formula is C24H20FN3O3. The van der Waals surface area contributed by atoms with E-state index in [1.807, 2.05) is 30.3 Å². The minimum atomic E-state index is -0.486. The second-order valence-corrected chi connectivity index (χ2v) is 7.08. The van der Waals surface area contributed by atoms with Crippen LogP contribution in [0, 0.1) is 5.82 Å². The van der Waals surface area contributed by atoms with Gasteiger partial charge in [0.1, 0.15) is 17.9 Å². The first-order valence-electron chi connectivity index (χ1n) is 9.79. The van der Waals surface area contributed by atoms with Crippen LogP contribution in [-0.4, -0.2) is 26.1 Å². The number of aliphatic hydroxyl groups excluding tert-OH is 1. The lowest BCUT2D eigenvalue weighted by Gasteiger charge is -2.04. The monoisotopic (exact) mass is 417 g/mol. The molecule has 2 aromatic heterocycles. The van der Waals surface area contributed by atoms with Gasteiger partial charge in [0.05, 0.1) is 0 Å². The zero-order chi connectivity index (χ0) is 21.6. The summed E-state index contributed by atoms with van der Waals surface area (Å²) in [5, 5.41) is 16.2. The van der Waals surface area contributed by atoms with Crippen LogP contribution in [0.15, 0.2) is 77.5 Å². The number of nitrogens with zero attached hydrogens (tertiary/aromatic N) is 2. The molecule has 0 aliphatic heterocycles. The fourth-order valence-electron chi connectivity index (χ4n) is 3.27. The molecule has 0 aliphatic carbocycles. The number of benzene rings is 2. The van der Waals surface area contributed by atoms with E-state index in [0.29, 0.717) is 18.6 Å². The number of aliphatic hydroxyl groups is 1. The lowest BCUT2D eigenvalue weighted by atomic mass is 10.0. The van der Waals surface area contributed by atoms with Gasteiger partial charge in [-0.2, -0.15) is 5.10 Å². The number of hydrogen-bond acceptors (Lipinski definition) is 5. The standard InChI is InChI=1S/C24H20FN3O3/c25-19-9-6-17(7-10-19)12-18-13-23(20(29)14-21(30)24-26-15-27-28-24)31-22(18)11-8-16-4-2-1-3-5-16/h1-7,9-10,13-15,30H,8,11-12H2,(H,26,27,28). The Labute approximate surface area is 178 Å². The molecule has 0 fully saturated rings. The Kier molecular flexibility index (Phi) is 6.03. The van der Waals surface area contributed by atoms with Gasteiger partial charge in [0.25, 0.3) is 0 Å². The highest BCUT2D eigenvalue weighted by Gasteiger charge is 2.17. The van der Waals surface area contributed by atoms with Crippen LogP contribution in [0.25, 0.3) is 5.76 Å². The summed E-state index contributed by atoms with van der Waals surface area (Å²) >= 11 is 0. The van der Waals surface area contributed by atoms with Gasteiger partial charge >= 0.3 is 0 Å². The summed E-state index contributed by atoms with van der Waals surface area (Å²) in [5.74, 6) is -0.222. The van der Waals surface area contributed by atoms with Crippen LogP contribution < -0.4 is 0 Å². The molecule has 0 amide bonds. The summed E-state index contributed by atoms with van der Waals surface area (Å²) in [6, 6.07) is 17.9. The Morgan fingerprint density at radius 1 is 1.06 bits per heavy atom. The predicted molar refractivity (Wildman–Crippen MR) is 113 cm³/mol. The van der Waals surface area contributed by atoms with Crippen LogP contribution in [-0.2, 0) is 19.3 Å². The Bertz CT molecular complexity index is 1180. The number of ketones is 1. The number of H-pyrrole nitrogens is 1. The third-order valence-electron chi connectivity index (χ3n) is 4.86. The summed E-state index contributed by atoms with van der Waals surface area (Å²) in [4.78, 5) is 16.5. The van der Waals surface area contributed by atoms with Gasteiger partial charge in [-0.3, -0.25) is 9.89 Å². The average molecular weight is 417 g/mol. The molecule has 0 radical (unpaired) electrons. The molecule has 0 saturated heterocycles. The Morgan fingerprint density at radius 3 is 2.55 bits per heavy atom. The average Bonchev–Trinajstić information content (AvgIpc) is 3.45. The first-order chi connectivity index (χ1) is 15.1. The highest BCUT2D eigenvalue weighted by Crippen LogP contribution is 2.23. The number of halogens is 1. The van der Waals surface area contributed by atoms with Crippen molar-refractivity contribution in [2.45, 2.75) is 19.3 Å². The number of furan rings is 1. The molecule has 0 saturated carbocycles. The predicted octanol–water partition coefficient (Wildman–Crippen LogP) is 4.69. The molecule has 31 heavy (non-hydrogen) atoms. The van der Waals surface area contributed by atoms with E-state index in [-0.39, 0.29) is 23.2 Å². The molecule has 0 bridgehead atoms. The normalized spacial score (nSPS) is 11.6. The maximum absolute atomic E-state index is 13.3. The molecular weight excluding hydrogens is 397 g/mol. The third-order valence-corrected chi connectivity index (χ3v) is 4.86. The van der Waals surface area contributed by atoms with Gasteiger partial charge in [0.2, 0.25) is 5.78 Å². The largest absolute Gasteiger partial charge is 0.504 e. The van der Waals surface area contributed by atoms with E-state index < -0.39 is 5.78 Å². The number of rotatable bonds is 8. The summed E-state index contributed by atoms with van der Waals surface area (Å²) in [7, 11) is 0. The number of hydrogen-bond donors (Lipinski definition) is 2. The smallest absolute Gasteiger partial charge is 0.224 e. The number of aromatic nitrogens is 3. The molecule has 2 N–H and O–H groups in total. The summed E-state index contributed by atoms with van der Waals surface area (Å²) in [6.07, 6.45) is 4.13. The van der Waals surface area contributed by atoms with E-state index in [1.54, 1.807) is 18.2 Å². The molecule has 0 spiro atoms. The van der Waals surface area contributed by atoms with Crippen LogP contribution in [0.3, 0.4) is 0 Å². The zero-order valence-electron chi connectivity index (χ0n) is 16.6. The van der Waals surface area contributed by atoms with Gasteiger partial charge in [-0.1, -0.05) is 42.5 Å². The van der Waals surface area contributed by atoms with Crippen molar-refractivity contribution in [3.05, 3.63) is 113 Å². The van der Waals surface area contributed by atoms with Gasteiger partial charge in [-0.05, 0) is 41.3 Å². The summed E-state index contributed by atoms with van der Waals surface area (Å²) in [6.45, 7) is 0. The molecule has 0 aliphatic rings. The van der Waals surface area contributed by atoms with Gasteiger partial charge in [-0.15, -0.1) is 0 Å². The third kappa shape index (κ3) is 5.14. The fourth-order valence-corrected chi connectivity index (χ4v) is 3.27. The van der Waals surface area contributed by atoms with E-state index in [4.69, 9.17) is 4.42 Å². The van der Waals surface area contributed by atoms with Crippen molar-refractivity contribution in [2.24, 2.45) is 0 Å². The second kappa shape index (κ2) is 9.21. The van der Waals surface area contributed by atoms with E-state index in [0.717, 1.165) is 29.2 Å². The molecule has 0 unspecified atom stereocenters. The zero-order valence-corrected chi connectivity index (χ0v) is 16.6. The maximum Gasteiger partial charge on any atom is 0.224 e. The van der Waals surface area contributed by atoms with E-state index in [9.17, 15) is 14.3 Å². The van der Waals surface area contributed by atoms with Crippen molar-refractivity contribution in [3.8, 4) is 0 Å². The lowest BCUT2D eigenvalue weighted by Crippen LogP contribution is -1.96. The maximum atomic E-state index is 13.3. The molecule has 2 heterocycles. The van der Waals surface area contributed by atoms with Crippen molar-refractivity contribution in [1.29, 1.82) is 0 Å². The topological polar surface area (TPSA) is 92.0 Å². The van der Waals surface area contributed by atoms with Gasteiger partial charge < -0.3 is 9.52 Å². The lowest BCUT2D eigenvalue weighted by molar-refractivity contribution is 0.101. The first-order valence-corrected chi connectivity index (χ1v) is 9.79. The number of carbonyl (C=O) groups excluding carboxylic acids is 1. The van der Waals surface area contributed by atoms with Gasteiger partial charge in [-0.25, -0.2) is 9.37 Å². The van der Waals surface area contributed by atoms with Crippen LogP contribution in [0.5, 0.6) is 0 Å². The summed E-state index contributed by atoms with van der Waals surface area (Å²) in [5.41, 5.74) is 2.91. The molecule has 4 rings (SSSR count). The molecule has 7 heteroatoms. The van der Waals surface area contributed by atoms with E-state index in [2.05, 4.69) is 15.2 Å². The number of nitrogens with one attached hydrogen (secondary N) is 1. The minimum Gasteiger partial charge on any atom is -0.504 e. The van der Waals surface area contributed by atoms with Crippen molar-refractivity contribution in [2.75, 3.05) is 0 Å². The van der Waals surface area contributed by atoms with E-state index in [1.165, 1.54) is 18.5 Å². The highest BCUT2D eigenvalue weighted by atomic mass is 19.1. The van der Waals surface area contributed by atoms with E-state index >= 15 is 0 Å².